The van der Waals surface area contributed by atoms with Gasteiger partial charge in [-0.25, -0.2) is 0 Å². The maximum Gasteiger partial charge on any atom is 0.204 e. The van der Waals surface area contributed by atoms with Crippen LogP contribution in [0.4, 0.5) is 0 Å². The Morgan fingerprint density at radius 2 is 0.918 bits per heavy atom. The van der Waals surface area contributed by atoms with E-state index in [1.807, 2.05) is 26.0 Å². The third kappa shape index (κ3) is 6.43. The van der Waals surface area contributed by atoms with E-state index < -0.39 is 18.0 Å². The molecule has 3 aliphatic heterocycles. The zero-order chi connectivity index (χ0) is 35.0. The van der Waals surface area contributed by atoms with Gasteiger partial charge in [0.2, 0.25) is 17.2 Å². The normalized spacial score (nSPS) is 25.7. The van der Waals surface area contributed by atoms with Crippen LogP contribution >= 0.6 is 0 Å². The molecule has 0 saturated carbocycles. The summed E-state index contributed by atoms with van der Waals surface area (Å²) in [6.07, 6.45) is -1.89. The Bertz CT molecular complexity index is 1580. The summed E-state index contributed by atoms with van der Waals surface area (Å²) in [6, 6.07) is 10.7. The molecule has 3 aromatic carbocycles. The van der Waals surface area contributed by atoms with Crippen LogP contribution in [-0.4, -0.2) is 84.6 Å². The van der Waals surface area contributed by atoms with Crippen molar-refractivity contribution in [1.82, 2.24) is 0 Å². The summed E-state index contributed by atoms with van der Waals surface area (Å²) in [5, 5.41) is 21.0. The fourth-order valence-electron chi connectivity index (χ4n) is 6.89. The van der Waals surface area contributed by atoms with Crippen molar-refractivity contribution in [2.45, 2.75) is 44.1 Å². The Morgan fingerprint density at radius 3 is 1.31 bits per heavy atom. The zero-order valence-electron chi connectivity index (χ0n) is 28.9. The van der Waals surface area contributed by atoms with Gasteiger partial charge in [0.05, 0.1) is 74.7 Å². The van der Waals surface area contributed by atoms with Crippen LogP contribution in [0.1, 0.15) is 48.8 Å². The van der Waals surface area contributed by atoms with E-state index in [0.717, 1.165) is 11.1 Å². The topological polar surface area (TPSA) is 142 Å². The predicted molar refractivity (Wildman–Crippen MR) is 175 cm³/mol. The van der Waals surface area contributed by atoms with E-state index in [-0.39, 0.29) is 53.6 Å². The Labute approximate surface area is 285 Å². The Morgan fingerprint density at radius 1 is 0.551 bits per heavy atom. The summed E-state index contributed by atoms with van der Waals surface area (Å²) in [6.45, 7) is 4.74. The van der Waals surface area contributed by atoms with Gasteiger partial charge < -0.3 is 62.3 Å². The number of benzene rings is 3. The van der Waals surface area contributed by atoms with Crippen LogP contribution in [0.25, 0.3) is 0 Å². The van der Waals surface area contributed by atoms with E-state index in [2.05, 4.69) is 0 Å². The summed E-state index contributed by atoms with van der Waals surface area (Å²) in [5.74, 6) is 1.30. The van der Waals surface area contributed by atoms with Gasteiger partial charge in [0.15, 0.2) is 46.4 Å². The third-order valence-electron chi connectivity index (χ3n) is 9.35. The highest BCUT2D eigenvalue weighted by Gasteiger charge is 2.49. The van der Waals surface area contributed by atoms with Crippen LogP contribution in [-0.2, 0) is 18.9 Å². The van der Waals surface area contributed by atoms with Gasteiger partial charge in [0.25, 0.3) is 0 Å². The quantitative estimate of drug-likeness (QED) is 0.263. The Kier molecular flexibility index (Phi) is 9.81. The van der Waals surface area contributed by atoms with E-state index in [4.69, 9.17) is 52.1 Å². The second-order valence-electron chi connectivity index (χ2n) is 12.5. The molecule has 3 aromatic rings. The minimum Gasteiger partial charge on any atom is -0.502 e. The number of fused-ring (bicyclic) bond motifs is 1. The fourth-order valence-corrected chi connectivity index (χ4v) is 6.89. The molecule has 0 aromatic heterocycles. The minimum atomic E-state index is -0.922. The molecule has 6 rings (SSSR count). The summed E-state index contributed by atoms with van der Waals surface area (Å²) < 4.78 is 65.0. The minimum absolute atomic E-state index is 0.0307. The lowest BCUT2D eigenvalue weighted by atomic mass is 9.84. The van der Waals surface area contributed by atoms with Gasteiger partial charge in [0.1, 0.15) is 6.10 Å². The van der Waals surface area contributed by atoms with Gasteiger partial charge in [0, 0.05) is 11.8 Å². The van der Waals surface area contributed by atoms with Crippen LogP contribution in [0.3, 0.4) is 0 Å². The van der Waals surface area contributed by atoms with E-state index in [1.165, 1.54) is 28.4 Å². The molecule has 3 aliphatic rings. The first-order valence-corrected chi connectivity index (χ1v) is 15.9. The number of rotatable bonds is 11. The Balaban J connectivity index is 1.29. The van der Waals surface area contributed by atoms with Crippen molar-refractivity contribution in [2.24, 2.45) is 11.8 Å². The first kappa shape index (κ1) is 34.6. The van der Waals surface area contributed by atoms with Gasteiger partial charge in [-0.05, 0) is 66.9 Å². The lowest BCUT2D eigenvalue weighted by Crippen LogP contribution is -2.46. The van der Waals surface area contributed by atoms with Gasteiger partial charge in [-0.2, -0.15) is 0 Å². The van der Waals surface area contributed by atoms with Gasteiger partial charge >= 0.3 is 0 Å². The number of aromatic hydroxyl groups is 2. The first-order chi connectivity index (χ1) is 23.6. The van der Waals surface area contributed by atoms with Crippen molar-refractivity contribution < 1.29 is 62.3 Å². The average molecular weight is 685 g/mol. The number of phenols is 2. The average Bonchev–Trinajstić information content (AvgIpc) is 3.72. The summed E-state index contributed by atoms with van der Waals surface area (Å²) in [4.78, 5) is 0. The molecule has 0 radical (unpaired) electrons. The molecular formula is C36H44O13. The summed E-state index contributed by atoms with van der Waals surface area (Å²) in [7, 11) is 9.05. The Hall–Kier alpha value is -4.30. The van der Waals surface area contributed by atoms with Crippen LogP contribution in [0.15, 0.2) is 36.4 Å². The molecule has 0 spiro atoms. The zero-order valence-corrected chi connectivity index (χ0v) is 28.9. The van der Waals surface area contributed by atoms with Crippen molar-refractivity contribution in [3.63, 3.8) is 0 Å². The van der Waals surface area contributed by atoms with Crippen LogP contribution in [0, 0.1) is 11.8 Å². The van der Waals surface area contributed by atoms with Gasteiger partial charge in [-0.1, -0.05) is 0 Å². The summed E-state index contributed by atoms with van der Waals surface area (Å²) >= 11 is 0. The maximum absolute atomic E-state index is 10.5. The fraction of sp³-hybridized carbons (Fsp3) is 0.500. The van der Waals surface area contributed by atoms with Gasteiger partial charge in [-0.15, -0.1) is 0 Å². The van der Waals surface area contributed by atoms with E-state index in [1.54, 1.807) is 38.5 Å². The van der Waals surface area contributed by atoms with Crippen molar-refractivity contribution in [1.29, 1.82) is 0 Å². The second kappa shape index (κ2) is 13.9. The largest absolute Gasteiger partial charge is 0.502 e. The molecule has 3 heterocycles. The summed E-state index contributed by atoms with van der Waals surface area (Å²) in [5.41, 5.74) is 2.34. The molecule has 0 unspecified atom stereocenters. The SMILES string of the molecule is COc1cc([C@H]2OC(C)(C)OC[C@@H]2Oc2c(OC)cc([C@@H]3OC[C@@H]4[C@H]3CO[C@H]4c3cc(OC)c(O)c(OC)c3)cc2OC)cc(OC)c1O. The molecule has 2 N–H and O–H groups in total. The highest BCUT2D eigenvalue weighted by atomic mass is 16.7. The predicted octanol–water partition coefficient (Wildman–Crippen LogP) is 5.50. The molecule has 13 heteroatoms. The van der Waals surface area contributed by atoms with Crippen LogP contribution in [0.5, 0.6) is 51.7 Å². The monoisotopic (exact) mass is 684 g/mol. The molecule has 3 saturated heterocycles. The molecule has 49 heavy (non-hydrogen) atoms. The van der Waals surface area contributed by atoms with Gasteiger partial charge in [-0.3, -0.25) is 0 Å². The second-order valence-corrected chi connectivity index (χ2v) is 12.5. The number of hydrogen-bond donors (Lipinski definition) is 2. The lowest BCUT2D eigenvalue weighted by Gasteiger charge is -2.41. The lowest BCUT2D eigenvalue weighted by molar-refractivity contribution is -0.302. The molecule has 0 amide bonds. The van der Waals surface area contributed by atoms with Crippen LogP contribution in [0.2, 0.25) is 0 Å². The number of phenolic OH excluding ortho intramolecular Hbond substituents is 2. The molecule has 13 nitrogen and oxygen atoms in total. The molecule has 0 bridgehead atoms. The van der Waals surface area contributed by atoms with Crippen molar-refractivity contribution in [3.05, 3.63) is 53.1 Å². The standard InChI is InChI=1S/C36H44O13/c1-36(2)47-17-29(34(49-36)20-11-25(41-5)31(38)26(12-20)42-6)48-35-27(43-7)13-19(14-28(35)44-8)33-22-16-45-32(21(22)15-46-33)18-9-23(39-3)30(37)24(10-18)40-4/h9-14,21-22,29,32-34,37-38H,15-17H2,1-8H3/t21-,22-,29+,32+,33+,34-/m1/s1. The smallest absolute Gasteiger partial charge is 0.204 e. The first-order valence-electron chi connectivity index (χ1n) is 15.9. The molecule has 266 valence electrons. The van der Waals surface area contributed by atoms with Crippen molar-refractivity contribution in [3.8, 4) is 51.7 Å². The number of hydrogen-bond acceptors (Lipinski definition) is 13. The highest BCUT2D eigenvalue weighted by molar-refractivity contribution is 5.56. The molecular weight excluding hydrogens is 640 g/mol. The van der Waals surface area contributed by atoms with Crippen molar-refractivity contribution in [2.75, 3.05) is 62.5 Å². The van der Waals surface area contributed by atoms with E-state index in [9.17, 15) is 10.2 Å². The third-order valence-corrected chi connectivity index (χ3v) is 9.35. The maximum atomic E-state index is 10.5. The molecule has 0 aliphatic carbocycles. The highest BCUT2D eigenvalue weighted by Crippen LogP contribution is 2.54. The number of methoxy groups -OCH3 is 6. The van der Waals surface area contributed by atoms with Crippen LogP contribution < -0.4 is 33.2 Å². The molecule has 3 fully saturated rings. The van der Waals surface area contributed by atoms with E-state index in [0.29, 0.717) is 47.5 Å². The number of ether oxygens (including phenoxy) is 11. The molecule has 6 atom stereocenters. The van der Waals surface area contributed by atoms with E-state index >= 15 is 0 Å². The van der Waals surface area contributed by atoms with Crippen molar-refractivity contribution >= 4 is 0 Å².